The standard InChI is InChI=1S/C24H20Cl2FN3O3/c1-33-24(32)14-7-8-16(19(27)11-14)22-17-9-10-29(26)12-20(17)30(28-22)23(31)21-15(13-5-6-13)3-2-4-18(21)25/h2-4,7-8,11,13H,5-6,9-10,12H2,1H3. The summed E-state index contributed by atoms with van der Waals surface area (Å²) < 4.78 is 22.6. The van der Waals surface area contributed by atoms with Gasteiger partial charge in [0, 0.05) is 17.7 Å². The SMILES string of the molecule is COC(=O)c1ccc(-c2nn(C(=O)c3c(Cl)cccc3C3CC3)c3c2CCN(Cl)C3)c(F)c1. The van der Waals surface area contributed by atoms with Gasteiger partial charge in [-0.1, -0.05) is 23.7 Å². The summed E-state index contributed by atoms with van der Waals surface area (Å²) in [6.07, 6.45) is 2.52. The minimum Gasteiger partial charge on any atom is -0.465 e. The zero-order valence-corrected chi connectivity index (χ0v) is 19.3. The van der Waals surface area contributed by atoms with Crippen LogP contribution < -0.4 is 0 Å². The van der Waals surface area contributed by atoms with Crippen molar-refractivity contribution in [2.45, 2.75) is 31.7 Å². The highest BCUT2D eigenvalue weighted by Gasteiger charge is 2.33. The van der Waals surface area contributed by atoms with Crippen molar-refractivity contribution >= 4 is 35.3 Å². The van der Waals surface area contributed by atoms with Gasteiger partial charge in [0.1, 0.15) is 5.82 Å². The second-order valence-corrected chi connectivity index (χ2v) is 9.14. The lowest BCUT2D eigenvalue weighted by Crippen LogP contribution is -2.27. The van der Waals surface area contributed by atoms with Crippen LogP contribution in [0.5, 0.6) is 0 Å². The molecule has 1 aliphatic heterocycles. The van der Waals surface area contributed by atoms with Crippen LogP contribution in [-0.2, 0) is 17.7 Å². The number of nitrogens with zero attached hydrogens (tertiary/aromatic N) is 3. The molecule has 1 fully saturated rings. The van der Waals surface area contributed by atoms with Crippen molar-refractivity contribution in [1.29, 1.82) is 0 Å². The van der Waals surface area contributed by atoms with Crippen molar-refractivity contribution in [2.75, 3.05) is 13.7 Å². The van der Waals surface area contributed by atoms with Crippen LogP contribution in [0.1, 0.15) is 56.3 Å². The monoisotopic (exact) mass is 487 g/mol. The van der Waals surface area contributed by atoms with E-state index in [1.54, 1.807) is 10.5 Å². The molecule has 2 aromatic carbocycles. The van der Waals surface area contributed by atoms with E-state index in [0.717, 1.165) is 30.0 Å². The Labute approximate surface area is 200 Å². The van der Waals surface area contributed by atoms with E-state index in [0.29, 0.717) is 40.9 Å². The van der Waals surface area contributed by atoms with E-state index >= 15 is 4.39 Å². The Morgan fingerprint density at radius 2 is 2.00 bits per heavy atom. The zero-order valence-electron chi connectivity index (χ0n) is 17.8. The predicted octanol–water partition coefficient (Wildman–Crippen LogP) is 5.21. The van der Waals surface area contributed by atoms with Crippen LogP contribution in [0.15, 0.2) is 36.4 Å². The Morgan fingerprint density at radius 3 is 2.70 bits per heavy atom. The van der Waals surface area contributed by atoms with E-state index < -0.39 is 11.8 Å². The molecule has 0 atom stereocenters. The number of methoxy groups -OCH3 is 1. The predicted molar refractivity (Wildman–Crippen MR) is 122 cm³/mol. The van der Waals surface area contributed by atoms with Gasteiger partial charge in [-0.2, -0.15) is 9.78 Å². The third-order valence-corrected chi connectivity index (χ3v) is 6.73. The van der Waals surface area contributed by atoms with Crippen LogP contribution in [0, 0.1) is 5.82 Å². The highest BCUT2D eigenvalue weighted by atomic mass is 35.5. The lowest BCUT2D eigenvalue weighted by molar-refractivity contribution is 0.0600. The van der Waals surface area contributed by atoms with Gasteiger partial charge in [0.15, 0.2) is 0 Å². The van der Waals surface area contributed by atoms with Crippen molar-refractivity contribution in [3.63, 3.8) is 0 Å². The zero-order chi connectivity index (χ0) is 23.3. The van der Waals surface area contributed by atoms with E-state index in [9.17, 15) is 9.59 Å². The van der Waals surface area contributed by atoms with Gasteiger partial charge in [-0.3, -0.25) is 4.79 Å². The first-order valence-corrected chi connectivity index (χ1v) is 11.3. The summed E-state index contributed by atoms with van der Waals surface area (Å²) in [6, 6.07) is 9.54. The number of halogens is 3. The Hall–Kier alpha value is -2.74. The van der Waals surface area contributed by atoms with Gasteiger partial charge in [-0.25, -0.2) is 13.6 Å². The lowest BCUT2D eigenvalue weighted by atomic mass is 9.99. The van der Waals surface area contributed by atoms with Gasteiger partial charge in [0.2, 0.25) is 0 Å². The fraction of sp³-hybridized carbons (Fsp3) is 0.292. The molecular formula is C24H20Cl2FN3O3. The Balaban J connectivity index is 1.64. The average molecular weight is 488 g/mol. The fourth-order valence-electron chi connectivity index (χ4n) is 4.33. The third kappa shape index (κ3) is 3.94. The first-order valence-electron chi connectivity index (χ1n) is 10.6. The van der Waals surface area contributed by atoms with Crippen LogP contribution >= 0.6 is 23.4 Å². The number of aromatic nitrogens is 2. The molecule has 170 valence electrons. The molecule has 2 aliphatic rings. The summed E-state index contributed by atoms with van der Waals surface area (Å²) in [6.45, 7) is 0.809. The van der Waals surface area contributed by atoms with E-state index in [-0.39, 0.29) is 23.6 Å². The maximum atomic E-state index is 15.1. The van der Waals surface area contributed by atoms with Crippen LogP contribution in [0.3, 0.4) is 0 Å². The van der Waals surface area contributed by atoms with Gasteiger partial charge in [-0.05, 0) is 66.8 Å². The Kier molecular flexibility index (Phi) is 5.72. The second-order valence-electron chi connectivity index (χ2n) is 8.25. The number of carbonyl (C=O) groups excluding carboxylic acids is 2. The molecule has 0 saturated heterocycles. The quantitative estimate of drug-likeness (QED) is 0.373. The van der Waals surface area contributed by atoms with Gasteiger partial charge in [-0.15, -0.1) is 0 Å². The first-order chi connectivity index (χ1) is 15.9. The molecule has 0 bridgehead atoms. The average Bonchev–Trinajstić information content (AvgIpc) is 3.59. The highest BCUT2D eigenvalue weighted by Crippen LogP contribution is 2.43. The molecule has 1 aromatic heterocycles. The number of ether oxygens (including phenoxy) is 1. The summed E-state index contributed by atoms with van der Waals surface area (Å²) in [5.74, 6) is -1.31. The largest absolute Gasteiger partial charge is 0.465 e. The van der Waals surface area contributed by atoms with Crippen molar-refractivity contribution in [3.05, 3.63) is 75.2 Å². The number of hydrogen-bond donors (Lipinski definition) is 0. The lowest BCUT2D eigenvalue weighted by Gasteiger charge is -2.21. The Morgan fingerprint density at radius 1 is 1.21 bits per heavy atom. The molecule has 0 amide bonds. The number of carbonyl (C=O) groups is 2. The molecule has 5 rings (SSSR count). The number of fused-ring (bicyclic) bond motifs is 1. The molecule has 0 unspecified atom stereocenters. The molecule has 3 aromatic rings. The van der Waals surface area contributed by atoms with E-state index in [1.165, 1.54) is 23.9 Å². The van der Waals surface area contributed by atoms with Crippen molar-refractivity contribution in [2.24, 2.45) is 0 Å². The summed E-state index contributed by atoms with van der Waals surface area (Å²) in [5, 5.41) is 4.92. The molecule has 0 radical (unpaired) electrons. The molecule has 9 heteroatoms. The number of esters is 1. The number of rotatable bonds is 4. The second kappa shape index (κ2) is 8.56. The highest BCUT2D eigenvalue weighted by molar-refractivity contribution is 6.34. The van der Waals surface area contributed by atoms with Gasteiger partial charge >= 0.3 is 5.97 Å². The first kappa shape index (κ1) is 22.1. The topological polar surface area (TPSA) is 64.4 Å². The molecule has 2 heterocycles. The molecule has 0 spiro atoms. The van der Waals surface area contributed by atoms with Crippen LogP contribution in [0.25, 0.3) is 11.3 Å². The van der Waals surface area contributed by atoms with E-state index in [1.807, 2.05) is 12.1 Å². The third-order valence-electron chi connectivity index (χ3n) is 6.13. The maximum Gasteiger partial charge on any atom is 0.337 e. The summed E-state index contributed by atoms with van der Waals surface area (Å²) in [7, 11) is 1.24. The maximum absolute atomic E-state index is 15.1. The van der Waals surface area contributed by atoms with Crippen molar-refractivity contribution in [1.82, 2.24) is 14.2 Å². The van der Waals surface area contributed by atoms with E-state index in [2.05, 4.69) is 9.84 Å². The normalized spacial score (nSPS) is 15.9. The van der Waals surface area contributed by atoms with Crippen molar-refractivity contribution < 1.29 is 18.7 Å². The van der Waals surface area contributed by atoms with E-state index in [4.69, 9.17) is 23.4 Å². The minimum atomic E-state index is -0.632. The molecule has 0 N–H and O–H groups in total. The Bertz CT molecular complexity index is 1290. The summed E-state index contributed by atoms with van der Waals surface area (Å²) in [4.78, 5) is 25.5. The van der Waals surface area contributed by atoms with Gasteiger partial charge in [0.05, 0.1) is 41.2 Å². The van der Waals surface area contributed by atoms with Crippen molar-refractivity contribution in [3.8, 4) is 11.3 Å². The van der Waals surface area contributed by atoms with Gasteiger partial charge in [0.25, 0.3) is 5.91 Å². The summed E-state index contributed by atoms with van der Waals surface area (Å²) in [5.41, 5.74) is 3.35. The van der Waals surface area contributed by atoms with Crippen LogP contribution in [0.2, 0.25) is 5.02 Å². The smallest absolute Gasteiger partial charge is 0.337 e. The number of benzene rings is 2. The summed E-state index contributed by atoms with van der Waals surface area (Å²) >= 11 is 12.7. The van der Waals surface area contributed by atoms with Gasteiger partial charge < -0.3 is 4.74 Å². The molecule has 6 nitrogen and oxygen atoms in total. The van der Waals surface area contributed by atoms with Crippen LogP contribution in [-0.4, -0.2) is 39.7 Å². The molecule has 33 heavy (non-hydrogen) atoms. The molecule has 1 aliphatic carbocycles. The minimum absolute atomic E-state index is 0.0974. The van der Waals surface area contributed by atoms with Crippen LogP contribution in [0.4, 0.5) is 4.39 Å². The molecular weight excluding hydrogens is 468 g/mol. The fourth-order valence-corrected chi connectivity index (χ4v) is 4.79. The number of hydrogen-bond acceptors (Lipinski definition) is 5. The molecule has 1 saturated carbocycles.